The minimum absolute atomic E-state index is 0. The van der Waals surface area contributed by atoms with E-state index < -0.39 is 0 Å². The summed E-state index contributed by atoms with van der Waals surface area (Å²) in [5, 5.41) is 31.2. The zero-order chi connectivity index (χ0) is 12.0. The first kappa shape index (κ1) is 74.7. The number of hydrogen-bond acceptors (Lipinski definition) is 6. The van der Waals surface area contributed by atoms with Crippen LogP contribution in [0.5, 0.6) is 0 Å². The van der Waals surface area contributed by atoms with Crippen LogP contribution in [0.1, 0.15) is 0 Å². The number of nitroso groups, excluding NO2 is 1. The molecule has 0 aliphatic heterocycles. The van der Waals surface area contributed by atoms with Crippen molar-refractivity contribution in [3.05, 3.63) is 43.4 Å². The third kappa shape index (κ3) is 100. The van der Waals surface area contributed by atoms with E-state index in [1.807, 2.05) is 0 Å². The molecular weight excluding hydrogens is 211 g/mol. The van der Waals surface area contributed by atoms with Gasteiger partial charge in [0, 0.05) is 18.6 Å². The van der Waals surface area contributed by atoms with Gasteiger partial charge in [-0.2, -0.15) is 0 Å². The molecule has 0 rings (SSSR count). The molecule has 0 saturated carbocycles. The summed E-state index contributed by atoms with van der Waals surface area (Å²) < 4.78 is 0. The van der Waals surface area contributed by atoms with Crippen LogP contribution in [0.2, 0.25) is 0 Å². The van der Waals surface area contributed by atoms with E-state index in [1.165, 1.54) is 0 Å². The van der Waals surface area contributed by atoms with Gasteiger partial charge < -0.3 is 69.7 Å². The molecule has 0 saturated heterocycles. The van der Waals surface area contributed by atoms with E-state index in [9.17, 15) is 0 Å². The molecule has 7 nitrogen and oxygen atoms in total. The largest absolute Gasteiger partial charge is 0.577 e. The maximum atomic E-state index is 7.25. The number of nitrogens with zero attached hydrogens (tertiary/aromatic N) is 6. The van der Waals surface area contributed by atoms with Gasteiger partial charge in [0.25, 0.3) is 0 Å². The van der Waals surface area contributed by atoms with E-state index in [2.05, 4.69) is 0 Å². The Morgan fingerprint density at radius 1 is 0.538 bits per heavy atom. The number of rotatable bonds is 0. The summed E-state index contributed by atoms with van der Waals surface area (Å²) >= 11 is 0. The van der Waals surface area contributed by atoms with Crippen molar-refractivity contribution in [2.24, 2.45) is 0 Å². The van der Waals surface area contributed by atoms with Crippen molar-refractivity contribution in [2.45, 2.75) is 0 Å². The van der Waals surface area contributed by atoms with Crippen LogP contribution in [0.3, 0.4) is 0 Å². The summed E-state index contributed by atoms with van der Waals surface area (Å²) in [4.78, 5) is 7.25. The predicted molar refractivity (Wildman–Crippen MR) is 31.6 cm³/mol. The maximum Gasteiger partial charge on any atom is 0 e. The zero-order valence-electron chi connectivity index (χ0n) is 6.04. The van der Waals surface area contributed by atoms with E-state index in [0.29, 0.717) is 0 Å². The van der Waals surface area contributed by atoms with E-state index in [-0.39, 0.29) is 18.6 Å². The average Bonchev–Trinajstić information content (AvgIpc) is 2.33. The Hall–Kier alpha value is -2.37. The molecule has 8 heteroatoms. The zero-order valence-corrected chi connectivity index (χ0v) is 7.44. The average molecular weight is 211 g/mol. The van der Waals surface area contributed by atoms with E-state index in [4.69, 9.17) is 69.7 Å². The van der Waals surface area contributed by atoms with Gasteiger partial charge in [-0.15, -0.1) is 0 Å². The van der Waals surface area contributed by atoms with Crippen LogP contribution >= 0.6 is 0 Å². The van der Waals surface area contributed by atoms with Crippen molar-refractivity contribution in [3.63, 3.8) is 0 Å². The second kappa shape index (κ2) is 128. The summed E-state index contributed by atoms with van der Waals surface area (Å²) in [5.41, 5.74) is 5.75. The van der Waals surface area contributed by atoms with Gasteiger partial charge in [-0.25, -0.2) is 0 Å². The van der Waals surface area contributed by atoms with E-state index in [1.54, 1.807) is 0 Å². The maximum absolute atomic E-state index is 7.25. The first-order valence-electron chi connectivity index (χ1n) is 1.30. The third-order valence-electron chi connectivity index (χ3n) is 0. The minimum atomic E-state index is 0. The Kier molecular flexibility index (Phi) is 738. The van der Waals surface area contributed by atoms with Gasteiger partial charge in [0.1, 0.15) is 0 Å². The van der Waals surface area contributed by atoms with E-state index >= 15 is 0 Å². The van der Waals surface area contributed by atoms with Crippen molar-refractivity contribution >= 4 is 0 Å². The summed E-state index contributed by atoms with van der Waals surface area (Å²) in [5.74, 6) is 0. The standard InChI is InChI=1S/5CN.NO.V/c6*1-2;/q6*-1;. The van der Waals surface area contributed by atoms with Gasteiger partial charge in [0.2, 0.25) is 0 Å². The Labute approximate surface area is 88.7 Å². The van der Waals surface area contributed by atoms with Gasteiger partial charge in [-0.05, 0) is 0 Å². The molecule has 0 aliphatic carbocycles. The normalized spacial score (nSPS) is 1.08. The molecular formula is C5N6OV-6. The molecule has 0 unspecified atom stereocenters. The monoisotopic (exact) mass is 211 g/mol. The molecule has 1 radical (unpaired) electrons. The van der Waals surface area contributed by atoms with Crippen molar-refractivity contribution < 1.29 is 18.6 Å². The SMILES string of the molecule is [C-]#N.[C-]#N.[C-]#N.[C-]#N.[C-]#N.[N-]=O.[V]. The molecule has 0 spiro atoms. The smallest absolute Gasteiger partial charge is 0 e. The van der Waals surface area contributed by atoms with E-state index in [0.717, 1.165) is 0 Å². The third-order valence-corrected chi connectivity index (χ3v) is 0. The Morgan fingerprint density at radius 2 is 0.538 bits per heavy atom. The molecule has 0 atom stereocenters. The first-order valence-corrected chi connectivity index (χ1v) is 1.30. The molecule has 0 amide bonds. The molecule has 0 aromatic carbocycles. The van der Waals surface area contributed by atoms with Crippen molar-refractivity contribution in [1.29, 1.82) is 26.3 Å². The summed E-state index contributed by atoms with van der Waals surface area (Å²) in [6.07, 6.45) is 0. The fraction of sp³-hybridized carbons (Fsp3) is 0. The topological polar surface area (TPSA) is 158 Å². The van der Waals surface area contributed by atoms with Gasteiger partial charge in [-0.1, -0.05) is 0 Å². The molecule has 0 aliphatic rings. The van der Waals surface area contributed by atoms with Crippen LogP contribution in [0.4, 0.5) is 0 Å². The summed E-state index contributed by atoms with van der Waals surface area (Å²) in [7, 11) is 0. The molecule has 13 heavy (non-hydrogen) atoms. The number of hydrogen-bond donors (Lipinski definition) is 0. The van der Waals surface area contributed by atoms with Crippen LogP contribution in [0.25, 0.3) is 5.59 Å². The first-order chi connectivity index (χ1) is 6.00. The van der Waals surface area contributed by atoms with Crippen molar-refractivity contribution in [1.82, 2.24) is 0 Å². The fourth-order valence-electron chi connectivity index (χ4n) is 0. The van der Waals surface area contributed by atoms with Gasteiger partial charge in [0.05, 0.1) is 0 Å². The fourth-order valence-corrected chi connectivity index (χ4v) is 0. The Bertz CT molecular complexity index is 90.4. The molecule has 0 bridgehead atoms. The summed E-state index contributed by atoms with van der Waals surface area (Å²) in [6.45, 7) is 23.8. The second-order valence-corrected chi connectivity index (χ2v) is 0. The van der Waals surface area contributed by atoms with Crippen LogP contribution < -0.4 is 0 Å². The van der Waals surface area contributed by atoms with Gasteiger partial charge in [0.15, 0.2) is 0 Å². The van der Waals surface area contributed by atoms with Crippen LogP contribution in [0, 0.1) is 64.1 Å². The van der Waals surface area contributed by atoms with Gasteiger partial charge in [-0.3, -0.25) is 0 Å². The summed E-state index contributed by atoms with van der Waals surface area (Å²) in [6, 6.07) is 0. The molecule has 0 heterocycles. The minimum Gasteiger partial charge on any atom is -0.577 e. The Balaban J connectivity index is -0.00000000655. The molecule has 0 N–H and O–H groups in total. The molecule has 67 valence electrons. The van der Waals surface area contributed by atoms with Gasteiger partial charge >= 0.3 is 0 Å². The quantitative estimate of drug-likeness (QED) is 0.538. The molecule has 0 fully saturated rings. The predicted octanol–water partition coefficient (Wildman–Crippen LogP) is 0.802. The van der Waals surface area contributed by atoms with Crippen LogP contribution in [-0.2, 0) is 18.6 Å². The van der Waals surface area contributed by atoms with Crippen molar-refractivity contribution in [3.8, 4) is 0 Å². The van der Waals surface area contributed by atoms with Crippen LogP contribution in [0.15, 0.2) is 0 Å². The second-order valence-electron chi connectivity index (χ2n) is 0. The molecule has 0 aromatic heterocycles. The molecule has 0 aromatic rings. The Morgan fingerprint density at radius 3 is 0.538 bits per heavy atom. The van der Waals surface area contributed by atoms with Crippen molar-refractivity contribution in [2.75, 3.05) is 0 Å². The van der Waals surface area contributed by atoms with Crippen LogP contribution in [-0.4, -0.2) is 0 Å².